The summed E-state index contributed by atoms with van der Waals surface area (Å²) in [5.74, 6) is 1.39. The van der Waals surface area contributed by atoms with E-state index >= 15 is 0 Å². The van der Waals surface area contributed by atoms with Gasteiger partial charge in [0.2, 0.25) is 5.76 Å². The average molecular weight is 368 g/mol. The van der Waals surface area contributed by atoms with Crippen molar-refractivity contribution in [2.75, 3.05) is 26.2 Å². The second-order valence-electron chi connectivity index (χ2n) is 7.99. The molecule has 144 valence electrons. The van der Waals surface area contributed by atoms with Gasteiger partial charge in [0, 0.05) is 44.4 Å². The summed E-state index contributed by atoms with van der Waals surface area (Å²) in [7, 11) is 0. The van der Waals surface area contributed by atoms with E-state index in [1.807, 2.05) is 29.3 Å². The van der Waals surface area contributed by atoms with Gasteiger partial charge in [-0.15, -0.1) is 0 Å². The zero-order valence-corrected chi connectivity index (χ0v) is 16.0. The van der Waals surface area contributed by atoms with Crippen LogP contribution in [0.3, 0.4) is 0 Å². The predicted octanol–water partition coefficient (Wildman–Crippen LogP) is 3.32. The molecule has 1 amide bonds. The van der Waals surface area contributed by atoms with Crippen molar-refractivity contribution in [1.82, 2.24) is 19.9 Å². The van der Waals surface area contributed by atoms with Gasteiger partial charge >= 0.3 is 0 Å². The fourth-order valence-electron chi connectivity index (χ4n) is 4.11. The first-order chi connectivity index (χ1) is 13.2. The highest BCUT2D eigenvalue weighted by molar-refractivity contribution is 5.91. The topological polar surface area (TPSA) is 62.5 Å². The summed E-state index contributed by atoms with van der Waals surface area (Å²) in [5, 5.41) is 4.25. The molecule has 0 bridgehead atoms. The Hall–Kier alpha value is -2.21. The molecule has 4 heterocycles. The molecule has 1 atom stereocenters. The van der Waals surface area contributed by atoms with Gasteiger partial charge in [0.15, 0.2) is 0 Å². The summed E-state index contributed by atoms with van der Waals surface area (Å²) in [6, 6.07) is 7.91. The van der Waals surface area contributed by atoms with E-state index < -0.39 is 0 Å². The lowest BCUT2D eigenvalue weighted by atomic mass is 9.94. The van der Waals surface area contributed by atoms with Crippen molar-refractivity contribution < 1.29 is 9.32 Å². The van der Waals surface area contributed by atoms with Crippen LogP contribution in [-0.2, 0) is 6.54 Å². The van der Waals surface area contributed by atoms with Crippen molar-refractivity contribution in [3.05, 3.63) is 47.6 Å². The number of likely N-dealkylation sites (tertiary alicyclic amines) is 2. The fraction of sp³-hybridized carbons (Fsp3) is 0.571. The minimum atomic E-state index is -0.0122. The number of carbonyl (C=O) groups excluding carboxylic acids is 1. The van der Waals surface area contributed by atoms with Crippen molar-refractivity contribution in [3.8, 4) is 0 Å². The monoisotopic (exact) mass is 368 g/mol. The summed E-state index contributed by atoms with van der Waals surface area (Å²) in [6.45, 7) is 6.73. The molecule has 1 unspecified atom stereocenters. The largest absolute Gasteiger partial charge is 0.351 e. The highest BCUT2D eigenvalue weighted by Gasteiger charge is 2.28. The minimum Gasteiger partial charge on any atom is -0.351 e. The lowest BCUT2D eigenvalue weighted by Crippen LogP contribution is -2.37. The number of nitrogens with zero attached hydrogens (tertiary/aromatic N) is 4. The maximum Gasteiger partial charge on any atom is 0.292 e. The number of hydrogen-bond acceptors (Lipinski definition) is 5. The van der Waals surface area contributed by atoms with Gasteiger partial charge in [-0.3, -0.25) is 14.7 Å². The SMILES string of the molecule is CC1CCN(C(=O)c2cc(C3CCCN(Cc4ccccn4)C3)no2)CC1. The molecule has 2 aliphatic rings. The normalized spacial score (nSPS) is 22.1. The lowest BCUT2D eigenvalue weighted by Gasteiger charge is -2.31. The lowest BCUT2D eigenvalue weighted by molar-refractivity contribution is 0.0655. The van der Waals surface area contributed by atoms with Crippen molar-refractivity contribution >= 4 is 5.91 Å². The zero-order chi connectivity index (χ0) is 18.6. The molecular formula is C21H28N4O2. The molecule has 6 nitrogen and oxygen atoms in total. The fourth-order valence-corrected chi connectivity index (χ4v) is 4.11. The summed E-state index contributed by atoms with van der Waals surface area (Å²) in [4.78, 5) is 21.4. The zero-order valence-electron chi connectivity index (χ0n) is 16.0. The van der Waals surface area contributed by atoms with Crippen LogP contribution < -0.4 is 0 Å². The molecule has 0 spiro atoms. The highest BCUT2D eigenvalue weighted by atomic mass is 16.5. The van der Waals surface area contributed by atoms with Gasteiger partial charge in [0.25, 0.3) is 5.91 Å². The van der Waals surface area contributed by atoms with E-state index in [4.69, 9.17) is 4.52 Å². The minimum absolute atomic E-state index is 0.0122. The maximum absolute atomic E-state index is 12.7. The Kier molecular flexibility index (Phi) is 5.53. The molecule has 4 rings (SSSR count). The quantitative estimate of drug-likeness (QED) is 0.828. The molecule has 0 aromatic carbocycles. The molecule has 2 aromatic rings. The van der Waals surface area contributed by atoms with Gasteiger partial charge in [-0.1, -0.05) is 18.1 Å². The van der Waals surface area contributed by atoms with Crippen LogP contribution in [0, 0.1) is 5.92 Å². The van der Waals surface area contributed by atoms with Crippen molar-refractivity contribution in [2.45, 2.75) is 45.1 Å². The van der Waals surface area contributed by atoms with E-state index in [1.54, 1.807) is 0 Å². The number of amides is 1. The van der Waals surface area contributed by atoms with E-state index in [0.717, 1.165) is 69.8 Å². The number of aromatic nitrogens is 2. The van der Waals surface area contributed by atoms with Crippen molar-refractivity contribution in [3.63, 3.8) is 0 Å². The highest BCUT2D eigenvalue weighted by Crippen LogP contribution is 2.28. The Morgan fingerprint density at radius 3 is 2.85 bits per heavy atom. The first-order valence-corrected chi connectivity index (χ1v) is 10.1. The van der Waals surface area contributed by atoms with E-state index in [0.29, 0.717) is 17.6 Å². The van der Waals surface area contributed by atoms with E-state index in [-0.39, 0.29) is 5.91 Å². The third-order valence-corrected chi connectivity index (χ3v) is 5.85. The molecule has 6 heteroatoms. The summed E-state index contributed by atoms with van der Waals surface area (Å²) >= 11 is 0. The first kappa shape index (κ1) is 18.2. The van der Waals surface area contributed by atoms with Crippen LogP contribution in [0.25, 0.3) is 0 Å². The van der Waals surface area contributed by atoms with Crippen molar-refractivity contribution in [1.29, 1.82) is 0 Å². The average Bonchev–Trinajstić information content (AvgIpc) is 3.19. The summed E-state index contributed by atoms with van der Waals surface area (Å²) < 4.78 is 5.44. The summed E-state index contributed by atoms with van der Waals surface area (Å²) in [5.41, 5.74) is 2.00. The van der Waals surface area contributed by atoms with Crippen LogP contribution in [0.1, 0.15) is 60.5 Å². The van der Waals surface area contributed by atoms with Gasteiger partial charge in [0.1, 0.15) is 0 Å². The molecule has 0 saturated carbocycles. The Labute approximate surface area is 160 Å². The third-order valence-electron chi connectivity index (χ3n) is 5.85. The Morgan fingerprint density at radius 2 is 2.07 bits per heavy atom. The molecule has 0 radical (unpaired) electrons. The van der Waals surface area contributed by atoms with Gasteiger partial charge < -0.3 is 9.42 Å². The van der Waals surface area contributed by atoms with Gasteiger partial charge in [-0.2, -0.15) is 0 Å². The third kappa shape index (κ3) is 4.38. The molecule has 2 aromatic heterocycles. The Morgan fingerprint density at radius 1 is 1.22 bits per heavy atom. The maximum atomic E-state index is 12.7. The van der Waals surface area contributed by atoms with Crippen LogP contribution in [0.4, 0.5) is 0 Å². The van der Waals surface area contributed by atoms with Gasteiger partial charge in [0.05, 0.1) is 11.4 Å². The standard InChI is InChI=1S/C21H28N4O2/c1-16-7-11-25(12-8-16)21(26)20-13-19(23-27-20)17-5-4-10-24(14-17)15-18-6-2-3-9-22-18/h2-3,6,9,13,16-17H,4-5,7-8,10-12,14-15H2,1H3. The second-order valence-corrected chi connectivity index (χ2v) is 7.99. The number of pyridine rings is 1. The van der Waals surface area contributed by atoms with E-state index in [2.05, 4.69) is 28.0 Å². The second kappa shape index (κ2) is 8.21. The molecule has 2 saturated heterocycles. The molecule has 27 heavy (non-hydrogen) atoms. The number of carbonyl (C=O) groups is 1. The van der Waals surface area contributed by atoms with Crippen LogP contribution in [0.15, 0.2) is 35.0 Å². The first-order valence-electron chi connectivity index (χ1n) is 10.1. The Bertz CT molecular complexity index is 753. The number of rotatable bonds is 4. The van der Waals surface area contributed by atoms with E-state index in [1.165, 1.54) is 0 Å². The number of hydrogen-bond donors (Lipinski definition) is 0. The Balaban J connectivity index is 1.38. The molecule has 2 fully saturated rings. The van der Waals surface area contributed by atoms with Gasteiger partial charge in [-0.05, 0) is 50.3 Å². The van der Waals surface area contributed by atoms with Crippen LogP contribution >= 0.6 is 0 Å². The van der Waals surface area contributed by atoms with Crippen molar-refractivity contribution in [2.24, 2.45) is 5.92 Å². The number of piperidine rings is 2. The van der Waals surface area contributed by atoms with Crippen LogP contribution in [0.2, 0.25) is 0 Å². The summed E-state index contributed by atoms with van der Waals surface area (Å²) in [6.07, 6.45) is 6.18. The van der Waals surface area contributed by atoms with Gasteiger partial charge in [-0.25, -0.2) is 0 Å². The van der Waals surface area contributed by atoms with Crippen LogP contribution in [0.5, 0.6) is 0 Å². The smallest absolute Gasteiger partial charge is 0.292 e. The molecule has 0 N–H and O–H groups in total. The predicted molar refractivity (Wildman–Crippen MR) is 102 cm³/mol. The van der Waals surface area contributed by atoms with Crippen LogP contribution in [-0.4, -0.2) is 52.0 Å². The molecular weight excluding hydrogens is 340 g/mol. The molecule has 0 aliphatic carbocycles. The van der Waals surface area contributed by atoms with E-state index in [9.17, 15) is 4.79 Å². The molecule has 2 aliphatic heterocycles.